The van der Waals surface area contributed by atoms with Crippen LogP contribution in [0.25, 0.3) is 10.9 Å². The molecular weight excluding hydrogens is 384 g/mol. The minimum absolute atomic E-state index is 0.0107. The minimum atomic E-state index is -0.573. The van der Waals surface area contributed by atoms with Gasteiger partial charge in [0.05, 0.1) is 16.7 Å². The lowest BCUT2D eigenvalue weighted by atomic mass is 10.2. The van der Waals surface area contributed by atoms with Crippen molar-refractivity contribution < 1.29 is 14.5 Å². The fraction of sp³-hybridized carbons (Fsp3) is 0.105. The van der Waals surface area contributed by atoms with Crippen LogP contribution in [0.2, 0.25) is 5.15 Å². The molecule has 0 saturated carbocycles. The Hall–Kier alpha value is -3.52. The van der Waals surface area contributed by atoms with Gasteiger partial charge in [-0.25, -0.2) is 10.4 Å². The summed E-state index contributed by atoms with van der Waals surface area (Å²) in [7, 11) is 0. The molecule has 1 amide bonds. The number of nitrogens with one attached hydrogen (secondary N) is 1. The predicted octanol–water partition coefficient (Wildman–Crippen LogP) is 3.63. The van der Waals surface area contributed by atoms with Crippen molar-refractivity contribution in [1.82, 2.24) is 10.4 Å². The Morgan fingerprint density at radius 1 is 1.32 bits per heavy atom. The van der Waals surface area contributed by atoms with Crippen LogP contribution in [-0.2, 0) is 4.79 Å². The van der Waals surface area contributed by atoms with E-state index in [1.807, 2.05) is 24.3 Å². The van der Waals surface area contributed by atoms with Crippen molar-refractivity contribution in [2.75, 3.05) is 6.61 Å². The Morgan fingerprint density at radius 2 is 2.11 bits per heavy atom. The Kier molecular flexibility index (Phi) is 5.81. The van der Waals surface area contributed by atoms with E-state index in [1.165, 1.54) is 18.3 Å². The summed E-state index contributed by atoms with van der Waals surface area (Å²) >= 11 is 6.12. The van der Waals surface area contributed by atoms with E-state index in [-0.39, 0.29) is 16.6 Å². The third-order valence-corrected chi connectivity index (χ3v) is 4.07. The van der Waals surface area contributed by atoms with Gasteiger partial charge < -0.3 is 4.74 Å². The largest absolute Gasteiger partial charge is 0.477 e. The molecule has 1 heterocycles. The number of para-hydroxylation sites is 1. The molecule has 1 N–H and O–H groups in total. The summed E-state index contributed by atoms with van der Waals surface area (Å²) < 4.78 is 5.23. The Bertz CT molecular complexity index is 1080. The average molecular weight is 399 g/mol. The number of aromatic nitrogens is 1. The number of fused-ring (bicyclic) bond motifs is 1. The normalized spacial score (nSPS) is 10.9. The van der Waals surface area contributed by atoms with Crippen molar-refractivity contribution in [2.24, 2.45) is 5.10 Å². The molecule has 142 valence electrons. The Labute approximate surface area is 164 Å². The quantitative estimate of drug-likeness (QED) is 0.295. The summed E-state index contributed by atoms with van der Waals surface area (Å²) in [6, 6.07) is 13.7. The summed E-state index contributed by atoms with van der Waals surface area (Å²) in [6.07, 6.45) is 1.37. The first-order valence-electron chi connectivity index (χ1n) is 8.19. The molecule has 0 aliphatic heterocycles. The number of rotatable bonds is 6. The lowest BCUT2D eigenvalue weighted by molar-refractivity contribution is -0.385. The molecule has 0 unspecified atom stereocenters. The number of pyridine rings is 1. The molecular formula is C19H15ClN4O4. The first-order chi connectivity index (χ1) is 13.4. The minimum Gasteiger partial charge on any atom is -0.477 e. The van der Waals surface area contributed by atoms with Crippen LogP contribution in [0.5, 0.6) is 5.75 Å². The highest BCUT2D eigenvalue weighted by Crippen LogP contribution is 2.27. The molecule has 0 saturated heterocycles. The van der Waals surface area contributed by atoms with E-state index in [0.717, 1.165) is 10.9 Å². The molecule has 0 aliphatic rings. The van der Waals surface area contributed by atoms with Crippen molar-refractivity contribution in [1.29, 1.82) is 0 Å². The van der Waals surface area contributed by atoms with Crippen LogP contribution in [0.3, 0.4) is 0 Å². The first kappa shape index (κ1) is 19.2. The third-order valence-electron chi connectivity index (χ3n) is 3.77. The van der Waals surface area contributed by atoms with Gasteiger partial charge in [-0.15, -0.1) is 0 Å². The first-order valence-corrected chi connectivity index (χ1v) is 8.57. The van der Waals surface area contributed by atoms with E-state index in [0.29, 0.717) is 11.1 Å². The fourth-order valence-electron chi connectivity index (χ4n) is 2.44. The van der Waals surface area contributed by atoms with Crippen LogP contribution in [-0.4, -0.2) is 28.6 Å². The number of nitrogens with zero attached hydrogens (tertiary/aromatic N) is 3. The molecule has 0 bridgehead atoms. The molecule has 3 aromatic rings. The maximum Gasteiger partial charge on any atom is 0.311 e. The number of carbonyl (C=O) groups excluding carboxylic acids is 1. The zero-order valence-corrected chi connectivity index (χ0v) is 15.5. The van der Waals surface area contributed by atoms with Gasteiger partial charge in [-0.3, -0.25) is 14.9 Å². The van der Waals surface area contributed by atoms with E-state index >= 15 is 0 Å². The highest BCUT2D eigenvalue weighted by molar-refractivity contribution is 6.32. The molecule has 8 nitrogen and oxygen atoms in total. The van der Waals surface area contributed by atoms with E-state index in [1.54, 1.807) is 19.1 Å². The van der Waals surface area contributed by atoms with Crippen molar-refractivity contribution in [3.63, 3.8) is 0 Å². The van der Waals surface area contributed by atoms with Gasteiger partial charge in [0.1, 0.15) is 5.15 Å². The number of nitro groups is 1. The van der Waals surface area contributed by atoms with E-state index < -0.39 is 17.4 Å². The van der Waals surface area contributed by atoms with Crippen LogP contribution in [0.15, 0.2) is 53.6 Å². The van der Waals surface area contributed by atoms with Gasteiger partial charge in [0, 0.05) is 17.0 Å². The van der Waals surface area contributed by atoms with Gasteiger partial charge in [0.2, 0.25) is 0 Å². The van der Waals surface area contributed by atoms with Gasteiger partial charge in [0.15, 0.2) is 12.4 Å². The highest BCUT2D eigenvalue weighted by Gasteiger charge is 2.16. The number of amides is 1. The fourth-order valence-corrected chi connectivity index (χ4v) is 2.64. The summed E-state index contributed by atoms with van der Waals surface area (Å²) in [5.74, 6) is -0.563. The second-order valence-corrected chi connectivity index (χ2v) is 6.23. The van der Waals surface area contributed by atoms with E-state index in [4.69, 9.17) is 16.3 Å². The smallest absolute Gasteiger partial charge is 0.311 e. The molecule has 0 atom stereocenters. The molecule has 9 heteroatoms. The number of nitro benzene ring substituents is 1. The van der Waals surface area contributed by atoms with Crippen LogP contribution in [0, 0.1) is 17.0 Å². The number of ether oxygens (including phenoxy) is 1. The second kappa shape index (κ2) is 8.45. The maximum atomic E-state index is 11.9. The predicted molar refractivity (Wildman–Crippen MR) is 106 cm³/mol. The third kappa shape index (κ3) is 4.60. The number of hydrogen-bond acceptors (Lipinski definition) is 6. The SMILES string of the molecule is Cc1ccc(OCC(=O)N/N=C\c2cc3ccccc3nc2Cl)c([N+](=O)[O-])c1. The van der Waals surface area contributed by atoms with Crippen molar-refractivity contribution in [3.8, 4) is 5.75 Å². The average Bonchev–Trinajstić information content (AvgIpc) is 2.67. The zero-order chi connectivity index (χ0) is 20.1. The number of hydrogen-bond donors (Lipinski definition) is 1. The number of carbonyl (C=O) groups is 1. The molecule has 1 aromatic heterocycles. The molecule has 2 aromatic carbocycles. The van der Waals surface area contributed by atoms with E-state index in [2.05, 4.69) is 15.5 Å². The molecule has 0 spiro atoms. The standard InChI is InChI=1S/C19H15ClN4O4/c1-12-6-7-17(16(8-12)24(26)27)28-11-18(25)23-21-10-14-9-13-4-2-3-5-15(13)22-19(14)20/h2-10H,11H2,1H3,(H,23,25)/b21-10-. The number of aryl methyl sites for hydroxylation is 1. The van der Waals surface area contributed by atoms with Crippen molar-refractivity contribution in [3.05, 3.63) is 74.9 Å². The molecule has 0 radical (unpaired) electrons. The maximum absolute atomic E-state index is 11.9. The monoisotopic (exact) mass is 398 g/mol. The molecule has 3 rings (SSSR count). The van der Waals surface area contributed by atoms with Gasteiger partial charge in [0.25, 0.3) is 5.91 Å². The lowest BCUT2D eigenvalue weighted by Gasteiger charge is -2.06. The zero-order valence-electron chi connectivity index (χ0n) is 14.8. The van der Waals surface area contributed by atoms with Crippen LogP contribution in [0.1, 0.15) is 11.1 Å². The molecule has 0 aliphatic carbocycles. The van der Waals surface area contributed by atoms with Gasteiger partial charge >= 0.3 is 5.69 Å². The number of halogens is 1. The van der Waals surface area contributed by atoms with Gasteiger partial charge in [-0.2, -0.15) is 5.10 Å². The summed E-state index contributed by atoms with van der Waals surface area (Å²) in [6.45, 7) is 1.30. The van der Waals surface area contributed by atoms with Crippen molar-refractivity contribution >= 4 is 40.3 Å². The Balaban J connectivity index is 1.62. The van der Waals surface area contributed by atoms with Gasteiger partial charge in [-0.05, 0) is 30.7 Å². The lowest BCUT2D eigenvalue weighted by Crippen LogP contribution is -2.24. The summed E-state index contributed by atoms with van der Waals surface area (Å²) in [4.78, 5) is 26.6. The molecule has 0 fully saturated rings. The topological polar surface area (TPSA) is 107 Å². The highest BCUT2D eigenvalue weighted by atomic mass is 35.5. The summed E-state index contributed by atoms with van der Waals surface area (Å²) in [5, 5.41) is 16.0. The number of hydrazone groups is 1. The van der Waals surface area contributed by atoms with Crippen molar-refractivity contribution in [2.45, 2.75) is 6.92 Å². The van der Waals surface area contributed by atoms with Gasteiger partial charge in [-0.1, -0.05) is 35.9 Å². The number of benzene rings is 2. The molecule has 28 heavy (non-hydrogen) atoms. The van der Waals surface area contributed by atoms with E-state index in [9.17, 15) is 14.9 Å². The summed E-state index contributed by atoms with van der Waals surface area (Å²) in [5.41, 5.74) is 4.09. The Morgan fingerprint density at radius 3 is 2.89 bits per heavy atom. The van der Waals surface area contributed by atoms with Crippen LogP contribution in [0.4, 0.5) is 5.69 Å². The van der Waals surface area contributed by atoms with Crippen LogP contribution < -0.4 is 10.2 Å². The second-order valence-electron chi connectivity index (χ2n) is 5.87. The van der Waals surface area contributed by atoms with Crippen LogP contribution >= 0.6 is 11.6 Å².